The van der Waals surface area contributed by atoms with Gasteiger partial charge >= 0.3 is 5.97 Å². The van der Waals surface area contributed by atoms with Gasteiger partial charge in [-0.2, -0.15) is 5.10 Å². The Labute approximate surface area is 209 Å². The molecule has 0 atom stereocenters. The van der Waals surface area contributed by atoms with Crippen LogP contribution in [0.1, 0.15) is 26.3 Å². The van der Waals surface area contributed by atoms with E-state index in [2.05, 4.69) is 31.8 Å². The Balaban J connectivity index is 1.55. The van der Waals surface area contributed by atoms with Crippen LogP contribution in [0.4, 0.5) is 0 Å². The number of benzene rings is 3. The first-order valence-electron chi connectivity index (χ1n) is 9.88. The topological polar surface area (TPSA) is 106 Å². The van der Waals surface area contributed by atoms with Crippen LogP contribution in [-0.4, -0.2) is 37.7 Å². The molecule has 0 saturated carbocycles. The van der Waals surface area contributed by atoms with Crippen LogP contribution in [0.5, 0.6) is 11.5 Å². The van der Waals surface area contributed by atoms with Crippen LogP contribution in [0, 0.1) is 0 Å². The summed E-state index contributed by atoms with van der Waals surface area (Å²) in [5.41, 5.74) is 3.67. The minimum Gasteiger partial charge on any atom is -0.493 e. The van der Waals surface area contributed by atoms with Gasteiger partial charge in [0.25, 0.3) is 11.8 Å². The van der Waals surface area contributed by atoms with Crippen molar-refractivity contribution in [3.05, 3.63) is 92.9 Å². The van der Waals surface area contributed by atoms with Crippen molar-refractivity contribution in [3.8, 4) is 11.5 Å². The van der Waals surface area contributed by atoms with E-state index in [0.717, 1.165) is 0 Å². The van der Waals surface area contributed by atoms with Gasteiger partial charge in [0.05, 0.1) is 25.4 Å². The quantitative estimate of drug-likeness (QED) is 0.191. The van der Waals surface area contributed by atoms with Crippen molar-refractivity contribution in [1.29, 1.82) is 0 Å². The van der Waals surface area contributed by atoms with E-state index in [1.165, 1.54) is 13.3 Å². The highest BCUT2D eigenvalue weighted by atomic mass is 79.9. The average molecular weight is 545 g/mol. The molecule has 0 aliphatic heterocycles. The summed E-state index contributed by atoms with van der Waals surface area (Å²) < 4.78 is 11.4. The molecule has 0 radical (unpaired) electrons. The molecule has 0 fully saturated rings. The maximum absolute atomic E-state index is 12.4. The molecule has 2 amide bonds. The van der Waals surface area contributed by atoms with E-state index < -0.39 is 17.8 Å². The lowest BCUT2D eigenvalue weighted by molar-refractivity contribution is -0.120. The van der Waals surface area contributed by atoms with Gasteiger partial charge in [-0.1, -0.05) is 23.7 Å². The summed E-state index contributed by atoms with van der Waals surface area (Å²) in [6.45, 7) is -0.258. The van der Waals surface area contributed by atoms with Gasteiger partial charge in [0, 0.05) is 15.1 Å². The summed E-state index contributed by atoms with van der Waals surface area (Å²) in [7, 11) is 1.44. The van der Waals surface area contributed by atoms with Crippen molar-refractivity contribution in [3.63, 3.8) is 0 Å². The van der Waals surface area contributed by atoms with Gasteiger partial charge in [-0.05, 0) is 76.1 Å². The Morgan fingerprint density at radius 1 is 1.03 bits per heavy atom. The molecule has 0 aromatic heterocycles. The van der Waals surface area contributed by atoms with E-state index >= 15 is 0 Å². The number of nitrogens with zero attached hydrogens (tertiary/aromatic N) is 1. The van der Waals surface area contributed by atoms with Crippen LogP contribution in [0.2, 0.25) is 5.02 Å². The number of nitrogens with one attached hydrogen (secondary N) is 2. The molecule has 0 aliphatic rings. The van der Waals surface area contributed by atoms with Crippen LogP contribution < -0.4 is 20.2 Å². The summed E-state index contributed by atoms with van der Waals surface area (Å²) in [5.74, 6) is -0.918. The second-order valence-electron chi connectivity index (χ2n) is 6.76. The largest absolute Gasteiger partial charge is 0.493 e. The molecule has 0 spiro atoms. The molecule has 3 rings (SSSR count). The molecule has 174 valence electrons. The Morgan fingerprint density at radius 2 is 1.76 bits per heavy atom. The minimum atomic E-state index is -0.542. The monoisotopic (exact) mass is 543 g/mol. The first-order chi connectivity index (χ1) is 16.4. The Morgan fingerprint density at radius 3 is 2.47 bits per heavy atom. The third-order valence-corrected chi connectivity index (χ3v) is 5.35. The van der Waals surface area contributed by atoms with Crippen molar-refractivity contribution in [1.82, 2.24) is 10.7 Å². The van der Waals surface area contributed by atoms with E-state index in [-0.39, 0.29) is 12.3 Å². The first-order valence-corrected chi connectivity index (χ1v) is 11.0. The lowest BCUT2D eigenvalue weighted by Crippen LogP contribution is -2.34. The number of esters is 1. The maximum atomic E-state index is 12.4. The van der Waals surface area contributed by atoms with Gasteiger partial charge in [-0.25, -0.2) is 10.2 Å². The van der Waals surface area contributed by atoms with Gasteiger partial charge in [0.15, 0.2) is 11.5 Å². The Bertz CT molecular complexity index is 1230. The zero-order chi connectivity index (χ0) is 24.5. The number of amides is 2. The van der Waals surface area contributed by atoms with Crippen LogP contribution in [0.15, 0.2) is 76.3 Å². The predicted octanol–water partition coefficient (Wildman–Crippen LogP) is 4.21. The van der Waals surface area contributed by atoms with Crippen LogP contribution in [0.3, 0.4) is 0 Å². The molecule has 34 heavy (non-hydrogen) atoms. The lowest BCUT2D eigenvalue weighted by atomic mass is 10.2. The average Bonchev–Trinajstić information content (AvgIpc) is 2.84. The number of rotatable bonds is 8. The number of hydrogen-bond donors (Lipinski definition) is 2. The molecule has 2 N–H and O–H groups in total. The third kappa shape index (κ3) is 6.90. The van der Waals surface area contributed by atoms with Crippen molar-refractivity contribution >= 4 is 51.5 Å². The number of hydrazone groups is 1. The highest BCUT2D eigenvalue weighted by Gasteiger charge is 2.15. The first kappa shape index (κ1) is 24.9. The number of halogens is 2. The number of carbonyl (C=O) groups is 3. The zero-order valence-corrected chi connectivity index (χ0v) is 20.2. The molecule has 0 aliphatic carbocycles. The van der Waals surface area contributed by atoms with E-state index in [1.54, 1.807) is 66.7 Å². The van der Waals surface area contributed by atoms with Crippen LogP contribution >= 0.6 is 27.5 Å². The molecule has 3 aromatic carbocycles. The maximum Gasteiger partial charge on any atom is 0.344 e. The number of methoxy groups -OCH3 is 1. The highest BCUT2D eigenvalue weighted by molar-refractivity contribution is 9.10. The van der Waals surface area contributed by atoms with Gasteiger partial charge in [0.2, 0.25) is 0 Å². The summed E-state index contributed by atoms with van der Waals surface area (Å²) >= 11 is 9.11. The Kier molecular flexibility index (Phi) is 8.78. The molecule has 10 heteroatoms. The summed E-state index contributed by atoms with van der Waals surface area (Å²) in [6.07, 6.45) is 1.39. The molecular weight excluding hydrogens is 526 g/mol. The molecule has 0 heterocycles. The molecule has 0 bridgehead atoms. The molecular formula is C24H19BrClN3O5. The number of ether oxygens (including phenoxy) is 2. The molecule has 0 saturated heterocycles. The summed E-state index contributed by atoms with van der Waals surface area (Å²) in [4.78, 5) is 36.4. The summed E-state index contributed by atoms with van der Waals surface area (Å²) in [5, 5.41) is 6.86. The SMILES string of the molecule is COc1cc(/C=N/NC(=O)CNC(=O)c2ccc(Cl)cc2)ccc1OC(=O)c1ccccc1Br. The van der Waals surface area contributed by atoms with E-state index in [0.29, 0.717) is 31.9 Å². The zero-order valence-electron chi connectivity index (χ0n) is 17.9. The van der Waals surface area contributed by atoms with E-state index in [4.69, 9.17) is 21.1 Å². The normalized spacial score (nSPS) is 10.6. The fourth-order valence-electron chi connectivity index (χ4n) is 2.71. The lowest BCUT2D eigenvalue weighted by Gasteiger charge is -2.10. The molecule has 8 nitrogen and oxygen atoms in total. The minimum absolute atomic E-state index is 0.231. The van der Waals surface area contributed by atoms with Gasteiger partial charge in [-0.15, -0.1) is 0 Å². The predicted molar refractivity (Wildman–Crippen MR) is 132 cm³/mol. The second-order valence-corrected chi connectivity index (χ2v) is 8.05. The number of carbonyl (C=O) groups excluding carboxylic acids is 3. The van der Waals surface area contributed by atoms with Gasteiger partial charge in [-0.3, -0.25) is 9.59 Å². The van der Waals surface area contributed by atoms with Gasteiger partial charge < -0.3 is 14.8 Å². The van der Waals surface area contributed by atoms with Crippen molar-refractivity contribution in [2.45, 2.75) is 0 Å². The van der Waals surface area contributed by atoms with E-state index in [9.17, 15) is 14.4 Å². The molecule has 0 unspecified atom stereocenters. The standard InChI is InChI=1S/C24H19BrClN3O5/c1-33-21-12-15(6-11-20(21)34-24(32)18-4-2-3-5-19(18)25)13-28-29-22(30)14-27-23(31)16-7-9-17(26)10-8-16/h2-13H,14H2,1H3,(H,27,31)(H,29,30)/b28-13+. The van der Waals surface area contributed by atoms with Crippen molar-refractivity contribution in [2.75, 3.05) is 13.7 Å². The van der Waals surface area contributed by atoms with Gasteiger partial charge in [0.1, 0.15) is 0 Å². The van der Waals surface area contributed by atoms with Crippen LogP contribution in [0.25, 0.3) is 0 Å². The van der Waals surface area contributed by atoms with Crippen molar-refractivity contribution < 1.29 is 23.9 Å². The fourth-order valence-corrected chi connectivity index (χ4v) is 3.29. The van der Waals surface area contributed by atoms with Crippen LogP contribution in [-0.2, 0) is 4.79 Å². The highest BCUT2D eigenvalue weighted by Crippen LogP contribution is 2.29. The Hall–Kier alpha value is -3.69. The summed E-state index contributed by atoms with van der Waals surface area (Å²) in [6, 6.07) is 18.0. The van der Waals surface area contributed by atoms with E-state index in [1.807, 2.05) is 0 Å². The van der Waals surface area contributed by atoms with Crippen molar-refractivity contribution in [2.24, 2.45) is 5.10 Å². The fraction of sp³-hybridized carbons (Fsp3) is 0.0833. The number of hydrogen-bond acceptors (Lipinski definition) is 6. The second kappa shape index (κ2) is 12.0. The molecule has 3 aromatic rings. The smallest absolute Gasteiger partial charge is 0.344 e. The third-order valence-electron chi connectivity index (χ3n) is 4.40.